The van der Waals surface area contributed by atoms with Crippen molar-refractivity contribution in [2.24, 2.45) is 0 Å². The first-order valence-corrected chi connectivity index (χ1v) is 9.74. The molecule has 0 aliphatic carbocycles. The van der Waals surface area contributed by atoms with Crippen molar-refractivity contribution < 1.29 is 24.0 Å². The van der Waals surface area contributed by atoms with E-state index in [2.05, 4.69) is 0 Å². The van der Waals surface area contributed by atoms with Crippen molar-refractivity contribution in [1.29, 1.82) is 0 Å². The van der Waals surface area contributed by atoms with E-state index < -0.39 is 0 Å². The molecule has 0 spiro atoms. The second-order valence-electron chi connectivity index (χ2n) is 7.30. The highest BCUT2D eigenvalue weighted by atomic mass is 16.5. The van der Waals surface area contributed by atoms with Crippen LogP contribution in [0.2, 0.25) is 0 Å². The summed E-state index contributed by atoms with van der Waals surface area (Å²) in [5.41, 5.74) is 2.23. The van der Waals surface area contributed by atoms with Crippen LogP contribution in [0.25, 0.3) is 0 Å². The van der Waals surface area contributed by atoms with E-state index >= 15 is 0 Å². The number of benzene rings is 2. The summed E-state index contributed by atoms with van der Waals surface area (Å²) < 4.78 is 10.7. The van der Waals surface area contributed by atoms with Gasteiger partial charge < -0.3 is 14.4 Å². The van der Waals surface area contributed by atoms with E-state index in [1.807, 2.05) is 36.4 Å². The first-order valence-electron chi connectivity index (χ1n) is 9.74. The molecule has 0 amide bonds. The second kappa shape index (κ2) is 9.02. The summed E-state index contributed by atoms with van der Waals surface area (Å²) in [5.74, 6) is 1.58. The van der Waals surface area contributed by atoms with E-state index in [0.29, 0.717) is 17.5 Å². The van der Waals surface area contributed by atoms with Gasteiger partial charge in [0.2, 0.25) is 5.78 Å². The zero-order chi connectivity index (χ0) is 20.1. The van der Waals surface area contributed by atoms with E-state index in [0.717, 1.165) is 43.0 Å². The summed E-state index contributed by atoms with van der Waals surface area (Å²) in [4.78, 5) is 26.5. The lowest BCUT2D eigenvalue weighted by molar-refractivity contribution is -0.903. The van der Waals surface area contributed by atoms with Gasteiger partial charge in [-0.05, 0) is 49.4 Å². The van der Waals surface area contributed by atoms with E-state index in [9.17, 15) is 9.59 Å². The number of quaternary nitrogens is 1. The number of hydrogen-bond acceptors (Lipinski definition) is 4. The topological polar surface area (TPSA) is 57.0 Å². The van der Waals surface area contributed by atoms with Gasteiger partial charge in [0.15, 0.2) is 11.8 Å². The number of likely N-dealkylation sites (tertiary alicyclic amines) is 1. The molecule has 0 aromatic heterocycles. The van der Waals surface area contributed by atoms with Gasteiger partial charge in [-0.3, -0.25) is 9.59 Å². The molecular weight excluding hydrogens is 354 g/mol. The van der Waals surface area contributed by atoms with Gasteiger partial charge in [-0.25, -0.2) is 0 Å². The number of methoxy groups -OCH3 is 2. The smallest absolute Gasteiger partial charge is 0.220 e. The molecule has 1 aliphatic rings. The zero-order valence-electron chi connectivity index (χ0n) is 16.8. The first kappa shape index (κ1) is 20.1. The number of ether oxygens (including phenoxy) is 2. The highest BCUT2D eigenvalue weighted by Crippen LogP contribution is 2.23. The minimum absolute atomic E-state index is 0.00968. The largest absolute Gasteiger partial charge is 0.497 e. The summed E-state index contributed by atoms with van der Waals surface area (Å²) in [6.45, 7) is 3.53. The summed E-state index contributed by atoms with van der Waals surface area (Å²) in [6.07, 6.45) is 2.81. The Kier molecular flexibility index (Phi) is 6.47. The molecule has 3 rings (SSSR count). The van der Waals surface area contributed by atoms with Crippen LogP contribution in [0.15, 0.2) is 42.5 Å². The standard InChI is InChI=1S/C23H27NO4/c1-16(25)18-8-11-22(28-3)19(14-18)15-21(24-12-4-5-13-24)23(26)17-6-9-20(27-2)10-7-17/h6-11,14,21H,4-5,12-13,15H2,1-3H3/p+1/t21-/m0/s1. The first-order chi connectivity index (χ1) is 13.5. The van der Waals surface area contributed by atoms with Gasteiger partial charge in [0, 0.05) is 36.0 Å². The van der Waals surface area contributed by atoms with Gasteiger partial charge in [-0.15, -0.1) is 0 Å². The monoisotopic (exact) mass is 382 g/mol. The quantitative estimate of drug-likeness (QED) is 0.713. The predicted octanol–water partition coefficient (Wildman–Crippen LogP) is 2.38. The lowest BCUT2D eigenvalue weighted by atomic mass is 9.94. The zero-order valence-corrected chi connectivity index (χ0v) is 16.8. The number of carbonyl (C=O) groups excluding carboxylic acids is 2. The maximum absolute atomic E-state index is 13.4. The number of Topliss-reactive ketones (excluding diaryl/α,β-unsaturated/α-hetero) is 2. The van der Waals surface area contributed by atoms with Crippen LogP contribution in [0.5, 0.6) is 11.5 Å². The summed E-state index contributed by atoms with van der Waals surface area (Å²) in [5, 5.41) is 0. The minimum atomic E-state index is -0.202. The minimum Gasteiger partial charge on any atom is -0.497 e. The molecular formula is C23H28NO4+. The molecule has 1 aliphatic heterocycles. The Morgan fingerprint density at radius 1 is 0.964 bits per heavy atom. The number of ketones is 2. The molecule has 28 heavy (non-hydrogen) atoms. The fraction of sp³-hybridized carbons (Fsp3) is 0.391. The molecule has 5 heteroatoms. The van der Waals surface area contributed by atoms with Crippen molar-refractivity contribution in [3.05, 3.63) is 59.2 Å². The van der Waals surface area contributed by atoms with Crippen LogP contribution in [0.4, 0.5) is 0 Å². The molecule has 0 bridgehead atoms. The Bertz CT molecular complexity index is 838. The Labute approximate surface area is 166 Å². The number of nitrogens with one attached hydrogen (secondary N) is 1. The van der Waals surface area contributed by atoms with E-state index in [1.165, 1.54) is 4.90 Å². The third kappa shape index (κ3) is 4.42. The van der Waals surface area contributed by atoms with Crippen LogP contribution in [0.1, 0.15) is 46.0 Å². The van der Waals surface area contributed by atoms with Crippen molar-refractivity contribution in [2.45, 2.75) is 32.2 Å². The lowest BCUT2D eigenvalue weighted by Gasteiger charge is -2.24. The SMILES string of the molecule is COc1ccc(C(=O)[C@H](Cc2cc(C(C)=O)ccc2OC)[NH+]2CCCC2)cc1. The number of rotatable bonds is 8. The number of carbonyl (C=O) groups is 2. The van der Waals surface area contributed by atoms with Crippen LogP contribution in [0.3, 0.4) is 0 Å². The average molecular weight is 382 g/mol. The van der Waals surface area contributed by atoms with E-state index in [-0.39, 0.29) is 17.6 Å². The van der Waals surface area contributed by atoms with Gasteiger partial charge in [-0.2, -0.15) is 0 Å². The van der Waals surface area contributed by atoms with Crippen LogP contribution >= 0.6 is 0 Å². The molecule has 2 aromatic carbocycles. The summed E-state index contributed by atoms with van der Waals surface area (Å²) in [6, 6.07) is 12.5. The van der Waals surface area contributed by atoms with Gasteiger partial charge in [0.1, 0.15) is 11.5 Å². The van der Waals surface area contributed by atoms with Crippen molar-refractivity contribution in [3.63, 3.8) is 0 Å². The molecule has 148 valence electrons. The fourth-order valence-corrected chi connectivity index (χ4v) is 3.93. The molecule has 1 saturated heterocycles. The molecule has 0 radical (unpaired) electrons. The molecule has 1 fully saturated rings. The van der Waals surface area contributed by atoms with Gasteiger partial charge in [-0.1, -0.05) is 0 Å². The predicted molar refractivity (Wildman–Crippen MR) is 108 cm³/mol. The van der Waals surface area contributed by atoms with E-state index in [4.69, 9.17) is 9.47 Å². The van der Waals surface area contributed by atoms with Crippen LogP contribution in [-0.2, 0) is 6.42 Å². The Hall–Kier alpha value is -2.66. The number of hydrogen-bond donors (Lipinski definition) is 1. The van der Waals surface area contributed by atoms with E-state index in [1.54, 1.807) is 27.2 Å². The van der Waals surface area contributed by atoms with Crippen LogP contribution < -0.4 is 14.4 Å². The Morgan fingerprint density at radius 2 is 1.61 bits per heavy atom. The normalized spacial score (nSPS) is 15.2. The molecule has 1 heterocycles. The molecule has 1 atom stereocenters. The Balaban J connectivity index is 1.93. The van der Waals surface area contributed by atoms with Crippen molar-refractivity contribution in [3.8, 4) is 11.5 Å². The third-order valence-corrected chi connectivity index (χ3v) is 5.54. The lowest BCUT2D eigenvalue weighted by Crippen LogP contribution is -3.15. The van der Waals surface area contributed by atoms with Crippen molar-refractivity contribution >= 4 is 11.6 Å². The average Bonchev–Trinajstić information content (AvgIpc) is 3.25. The van der Waals surface area contributed by atoms with Crippen molar-refractivity contribution in [2.75, 3.05) is 27.3 Å². The van der Waals surface area contributed by atoms with Gasteiger partial charge in [0.25, 0.3) is 0 Å². The second-order valence-corrected chi connectivity index (χ2v) is 7.30. The van der Waals surface area contributed by atoms with Gasteiger partial charge >= 0.3 is 0 Å². The van der Waals surface area contributed by atoms with Gasteiger partial charge in [0.05, 0.1) is 27.3 Å². The fourth-order valence-electron chi connectivity index (χ4n) is 3.93. The molecule has 1 N–H and O–H groups in total. The highest BCUT2D eigenvalue weighted by molar-refractivity contribution is 5.99. The molecule has 0 saturated carbocycles. The summed E-state index contributed by atoms with van der Waals surface area (Å²) >= 11 is 0. The molecule has 0 unspecified atom stereocenters. The highest BCUT2D eigenvalue weighted by Gasteiger charge is 2.33. The molecule has 5 nitrogen and oxygen atoms in total. The molecule has 2 aromatic rings. The third-order valence-electron chi connectivity index (χ3n) is 5.54. The van der Waals surface area contributed by atoms with Crippen LogP contribution in [-0.4, -0.2) is 44.9 Å². The van der Waals surface area contributed by atoms with Crippen molar-refractivity contribution in [1.82, 2.24) is 0 Å². The van der Waals surface area contributed by atoms with Crippen LogP contribution in [0, 0.1) is 0 Å². The maximum atomic E-state index is 13.4. The summed E-state index contributed by atoms with van der Waals surface area (Å²) in [7, 11) is 3.23. The Morgan fingerprint density at radius 3 is 2.18 bits per heavy atom. The maximum Gasteiger partial charge on any atom is 0.220 e.